The zero-order chi connectivity index (χ0) is 13.3. The van der Waals surface area contributed by atoms with Gasteiger partial charge in [-0.1, -0.05) is 12.1 Å². The molecule has 0 fully saturated rings. The Bertz CT molecular complexity index is 624. The number of halogens is 1. The van der Waals surface area contributed by atoms with E-state index in [-0.39, 0.29) is 11.3 Å². The number of benzene rings is 1. The lowest BCUT2D eigenvalue weighted by atomic mass is 10.1. The smallest absolute Gasteiger partial charge is 0.338 e. The summed E-state index contributed by atoms with van der Waals surface area (Å²) in [6, 6.07) is 4.51. The first-order chi connectivity index (χ1) is 8.39. The van der Waals surface area contributed by atoms with Crippen LogP contribution in [0.1, 0.15) is 10.4 Å². The second-order valence-electron chi connectivity index (χ2n) is 3.88. The van der Waals surface area contributed by atoms with E-state index in [1.165, 1.54) is 6.08 Å². The van der Waals surface area contributed by atoms with E-state index in [0.29, 0.717) is 10.2 Å². The van der Waals surface area contributed by atoms with Gasteiger partial charge in [0.2, 0.25) is 0 Å². The van der Waals surface area contributed by atoms with Gasteiger partial charge in [0.05, 0.1) is 23.0 Å². The molecule has 5 nitrogen and oxygen atoms in total. The quantitative estimate of drug-likeness (QED) is 0.883. The second kappa shape index (κ2) is 4.74. The minimum atomic E-state index is -3.16. The first-order valence-electron chi connectivity index (χ1n) is 5.08. The molecule has 96 valence electrons. The van der Waals surface area contributed by atoms with Crippen molar-refractivity contribution in [3.05, 3.63) is 39.7 Å². The van der Waals surface area contributed by atoms with Crippen molar-refractivity contribution in [2.75, 3.05) is 11.1 Å². The number of carboxylic acid groups (broad SMARTS) is 1. The molecule has 1 unspecified atom stereocenters. The summed E-state index contributed by atoms with van der Waals surface area (Å²) in [4.78, 5) is 11.1. The Balaban J connectivity index is 2.28. The van der Waals surface area contributed by atoms with Crippen molar-refractivity contribution < 1.29 is 18.3 Å². The molecule has 1 aliphatic heterocycles. The minimum absolute atomic E-state index is 0.0570. The number of hydrogen-bond donors (Lipinski definition) is 2. The number of hydrogen-bond acceptors (Lipinski definition) is 4. The number of anilines is 1. The Morgan fingerprint density at radius 1 is 1.44 bits per heavy atom. The van der Waals surface area contributed by atoms with E-state index in [1.807, 2.05) is 0 Å². The Labute approximate surface area is 113 Å². The third-order valence-electron chi connectivity index (χ3n) is 2.50. The third-order valence-corrected chi connectivity index (χ3v) is 4.55. The summed E-state index contributed by atoms with van der Waals surface area (Å²) in [6.45, 7) is 0. The molecule has 0 saturated heterocycles. The maximum Gasteiger partial charge on any atom is 0.338 e. The molecule has 7 heteroatoms. The van der Waals surface area contributed by atoms with Crippen molar-refractivity contribution in [2.24, 2.45) is 0 Å². The van der Waals surface area contributed by atoms with Gasteiger partial charge in [0.25, 0.3) is 0 Å². The topological polar surface area (TPSA) is 83.5 Å². The second-order valence-corrected chi connectivity index (χ2v) is 6.66. The number of carboxylic acids is 1. The van der Waals surface area contributed by atoms with E-state index in [2.05, 4.69) is 21.2 Å². The number of nitrogens with one attached hydrogen (secondary N) is 1. The average molecular weight is 332 g/mol. The van der Waals surface area contributed by atoms with Gasteiger partial charge in [-0.25, -0.2) is 13.2 Å². The van der Waals surface area contributed by atoms with Crippen molar-refractivity contribution in [3.8, 4) is 0 Å². The lowest BCUT2D eigenvalue weighted by Crippen LogP contribution is -2.22. The van der Waals surface area contributed by atoms with Crippen LogP contribution in [0.3, 0.4) is 0 Å². The fourth-order valence-corrected chi connectivity index (χ4v) is 3.50. The predicted molar refractivity (Wildman–Crippen MR) is 71.4 cm³/mol. The molecule has 0 amide bonds. The molecule has 0 spiro atoms. The van der Waals surface area contributed by atoms with Crippen LogP contribution in [-0.2, 0) is 9.84 Å². The van der Waals surface area contributed by atoms with E-state index in [0.717, 1.165) is 5.41 Å². The number of carbonyl (C=O) groups is 1. The summed E-state index contributed by atoms with van der Waals surface area (Å²) in [6.07, 6.45) is 1.52. The molecule has 1 aromatic rings. The Kier molecular flexibility index (Phi) is 3.45. The monoisotopic (exact) mass is 331 g/mol. The van der Waals surface area contributed by atoms with Crippen molar-refractivity contribution in [3.63, 3.8) is 0 Å². The average Bonchev–Trinajstić information content (AvgIpc) is 2.57. The molecule has 0 radical (unpaired) electrons. The molecule has 0 aliphatic carbocycles. The Hall–Kier alpha value is -1.34. The molecule has 0 aromatic heterocycles. The summed E-state index contributed by atoms with van der Waals surface area (Å²) in [7, 11) is -3.16. The van der Waals surface area contributed by atoms with Gasteiger partial charge in [0.1, 0.15) is 0 Å². The van der Waals surface area contributed by atoms with Crippen LogP contribution >= 0.6 is 15.9 Å². The van der Waals surface area contributed by atoms with Gasteiger partial charge in [-0.2, -0.15) is 0 Å². The first-order valence-corrected chi connectivity index (χ1v) is 7.59. The SMILES string of the molecule is O=C(O)c1c(Br)cccc1NC1C=CS(=O)(=O)C1. The largest absolute Gasteiger partial charge is 0.478 e. The lowest BCUT2D eigenvalue weighted by Gasteiger charge is -2.14. The fraction of sp³-hybridized carbons (Fsp3) is 0.182. The van der Waals surface area contributed by atoms with Crippen molar-refractivity contribution in [1.29, 1.82) is 0 Å². The van der Waals surface area contributed by atoms with E-state index < -0.39 is 21.8 Å². The molecule has 1 heterocycles. The zero-order valence-corrected chi connectivity index (χ0v) is 11.5. The highest BCUT2D eigenvalue weighted by atomic mass is 79.9. The van der Waals surface area contributed by atoms with E-state index in [9.17, 15) is 13.2 Å². The molecule has 1 aliphatic rings. The summed E-state index contributed by atoms with van der Waals surface area (Å²) in [5.74, 6) is -1.13. The molecule has 2 rings (SSSR count). The van der Waals surface area contributed by atoms with E-state index in [1.54, 1.807) is 18.2 Å². The molecular weight excluding hydrogens is 322 g/mol. The van der Waals surface area contributed by atoms with Gasteiger partial charge in [0, 0.05) is 9.88 Å². The normalized spacial score (nSPS) is 20.8. The van der Waals surface area contributed by atoms with E-state index in [4.69, 9.17) is 5.11 Å². The summed E-state index contributed by atoms with van der Waals surface area (Å²) in [5.41, 5.74) is 0.485. The maximum atomic E-state index is 11.3. The van der Waals surface area contributed by atoms with Crippen LogP contribution in [0.15, 0.2) is 34.2 Å². The number of aromatic carboxylic acids is 1. The highest BCUT2D eigenvalue weighted by molar-refractivity contribution is 9.10. The predicted octanol–water partition coefficient (Wildman–Crippen LogP) is 1.87. The molecular formula is C11H10BrNO4S. The van der Waals surface area contributed by atoms with Gasteiger partial charge >= 0.3 is 5.97 Å². The maximum absolute atomic E-state index is 11.3. The van der Waals surface area contributed by atoms with Crippen molar-refractivity contribution in [2.45, 2.75) is 6.04 Å². The van der Waals surface area contributed by atoms with Crippen LogP contribution < -0.4 is 5.32 Å². The Morgan fingerprint density at radius 2 is 2.17 bits per heavy atom. The lowest BCUT2D eigenvalue weighted by molar-refractivity contribution is 0.0697. The van der Waals surface area contributed by atoms with Gasteiger partial charge in [0.15, 0.2) is 9.84 Å². The molecule has 1 aromatic carbocycles. The fourth-order valence-electron chi connectivity index (χ4n) is 1.73. The first kappa shape index (κ1) is 13.1. The third kappa shape index (κ3) is 2.73. The number of rotatable bonds is 3. The molecule has 0 saturated carbocycles. The summed E-state index contributed by atoms with van der Waals surface area (Å²) in [5, 5.41) is 13.2. The zero-order valence-electron chi connectivity index (χ0n) is 9.13. The standard InChI is InChI=1S/C11H10BrNO4S/c12-8-2-1-3-9(10(8)11(14)15)13-7-4-5-18(16,17)6-7/h1-5,7,13H,6H2,(H,14,15). The van der Waals surface area contributed by atoms with Crippen LogP contribution in [0.25, 0.3) is 0 Å². The molecule has 1 atom stereocenters. The summed E-state index contributed by atoms with van der Waals surface area (Å²) < 4.78 is 23.0. The highest BCUT2D eigenvalue weighted by Crippen LogP contribution is 2.26. The Morgan fingerprint density at radius 3 is 2.72 bits per heavy atom. The summed E-state index contributed by atoms with van der Waals surface area (Å²) >= 11 is 3.16. The molecule has 2 N–H and O–H groups in total. The van der Waals surface area contributed by atoms with Gasteiger partial charge in [-0.15, -0.1) is 0 Å². The van der Waals surface area contributed by atoms with Crippen molar-refractivity contribution >= 4 is 37.4 Å². The van der Waals surface area contributed by atoms with Crippen molar-refractivity contribution in [1.82, 2.24) is 0 Å². The highest BCUT2D eigenvalue weighted by Gasteiger charge is 2.23. The van der Waals surface area contributed by atoms with Crippen LogP contribution in [0.2, 0.25) is 0 Å². The van der Waals surface area contributed by atoms with Gasteiger partial charge < -0.3 is 10.4 Å². The van der Waals surface area contributed by atoms with Crippen LogP contribution in [0.4, 0.5) is 5.69 Å². The number of sulfone groups is 1. The minimum Gasteiger partial charge on any atom is -0.478 e. The van der Waals surface area contributed by atoms with Crippen LogP contribution in [0.5, 0.6) is 0 Å². The molecule has 0 bridgehead atoms. The molecule has 18 heavy (non-hydrogen) atoms. The van der Waals surface area contributed by atoms with Gasteiger partial charge in [-0.3, -0.25) is 0 Å². The van der Waals surface area contributed by atoms with Crippen LogP contribution in [0, 0.1) is 0 Å². The van der Waals surface area contributed by atoms with E-state index >= 15 is 0 Å². The van der Waals surface area contributed by atoms with Gasteiger partial charge in [-0.05, 0) is 28.1 Å². The van der Waals surface area contributed by atoms with Crippen LogP contribution in [-0.4, -0.2) is 31.3 Å².